The van der Waals surface area contributed by atoms with Crippen molar-refractivity contribution in [2.45, 2.75) is 26.4 Å². The molecule has 0 spiro atoms. The molecule has 1 atom stereocenters. The summed E-state index contributed by atoms with van der Waals surface area (Å²) >= 11 is 0. The van der Waals surface area contributed by atoms with Crippen LogP contribution in [0.2, 0.25) is 0 Å². The number of pyridine rings is 1. The van der Waals surface area contributed by atoms with Crippen LogP contribution in [-0.2, 0) is 0 Å². The molecule has 0 aliphatic carbocycles. The molecule has 20 heavy (non-hydrogen) atoms. The third-order valence-electron chi connectivity index (χ3n) is 3.53. The number of hydrogen-bond donors (Lipinski definition) is 2. The predicted octanol–water partition coefficient (Wildman–Crippen LogP) is 3.73. The van der Waals surface area contributed by atoms with Crippen molar-refractivity contribution in [3.05, 3.63) is 59.8 Å². The van der Waals surface area contributed by atoms with E-state index in [0.717, 1.165) is 23.3 Å². The predicted molar refractivity (Wildman–Crippen MR) is 84.5 cm³/mol. The number of aryl methyl sites for hydroxylation is 1. The fourth-order valence-electron chi connectivity index (χ4n) is 2.40. The number of nitrogens with one attached hydrogen (secondary N) is 2. The molecule has 1 unspecified atom stereocenters. The first kappa shape index (κ1) is 12.7. The number of aromatic nitrogens is 1. The standard InChI is InChI=1S/C17H19N3/c1-3-14-8-6-10-16(18-14)20-17-12(2)11-13-7-4-5-9-15(13)19-17/h4-11,16,18H,3H2,1-2H3,(H,19,20). The molecular formula is C17H19N3. The topological polar surface area (TPSA) is 37.0 Å². The number of para-hydroxylation sites is 1. The lowest BCUT2D eigenvalue weighted by Crippen LogP contribution is -2.35. The fraction of sp³-hybridized carbons (Fsp3) is 0.235. The molecular weight excluding hydrogens is 246 g/mol. The monoisotopic (exact) mass is 265 g/mol. The highest BCUT2D eigenvalue weighted by atomic mass is 15.2. The van der Waals surface area contributed by atoms with Crippen LogP contribution in [0.3, 0.4) is 0 Å². The Morgan fingerprint density at radius 2 is 2.15 bits per heavy atom. The van der Waals surface area contributed by atoms with Gasteiger partial charge in [0.05, 0.1) is 5.52 Å². The molecule has 0 amide bonds. The molecule has 0 saturated heterocycles. The summed E-state index contributed by atoms with van der Waals surface area (Å²) in [6, 6.07) is 10.4. The van der Waals surface area contributed by atoms with Crippen LogP contribution >= 0.6 is 0 Å². The maximum Gasteiger partial charge on any atom is 0.131 e. The first-order valence-corrected chi connectivity index (χ1v) is 7.03. The van der Waals surface area contributed by atoms with Crippen LogP contribution in [0.4, 0.5) is 5.82 Å². The average Bonchev–Trinajstić information content (AvgIpc) is 2.48. The van der Waals surface area contributed by atoms with E-state index in [1.54, 1.807) is 0 Å². The van der Waals surface area contributed by atoms with Gasteiger partial charge in [-0.05, 0) is 43.2 Å². The van der Waals surface area contributed by atoms with Gasteiger partial charge >= 0.3 is 0 Å². The molecule has 1 aromatic carbocycles. The lowest BCUT2D eigenvalue weighted by molar-refractivity contribution is 0.701. The van der Waals surface area contributed by atoms with Crippen molar-refractivity contribution in [1.82, 2.24) is 10.3 Å². The summed E-state index contributed by atoms with van der Waals surface area (Å²) in [6.07, 6.45) is 7.41. The van der Waals surface area contributed by atoms with Crippen LogP contribution in [0.15, 0.2) is 54.3 Å². The molecule has 3 nitrogen and oxygen atoms in total. The van der Waals surface area contributed by atoms with E-state index in [9.17, 15) is 0 Å². The summed E-state index contributed by atoms with van der Waals surface area (Å²) < 4.78 is 0. The van der Waals surface area contributed by atoms with Crippen molar-refractivity contribution in [2.24, 2.45) is 0 Å². The lowest BCUT2D eigenvalue weighted by atomic mass is 10.1. The molecule has 2 heterocycles. The quantitative estimate of drug-likeness (QED) is 0.887. The van der Waals surface area contributed by atoms with E-state index in [0.29, 0.717) is 0 Å². The highest BCUT2D eigenvalue weighted by molar-refractivity contribution is 5.81. The van der Waals surface area contributed by atoms with E-state index in [1.807, 2.05) is 18.2 Å². The highest BCUT2D eigenvalue weighted by Gasteiger charge is 2.11. The smallest absolute Gasteiger partial charge is 0.131 e. The number of rotatable bonds is 3. The second-order valence-electron chi connectivity index (χ2n) is 5.04. The van der Waals surface area contributed by atoms with E-state index in [4.69, 9.17) is 4.98 Å². The van der Waals surface area contributed by atoms with E-state index < -0.39 is 0 Å². The van der Waals surface area contributed by atoms with Crippen molar-refractivity contribution in [2.75, 3.05) is 5.32 Å². The Bertz CT molecular complexity index is 686. The zero-order valence-corrected chi connectivity index (χ0v) is 11.9. The van der Waals surface area contributed by atoms with Crippen LogP contribution in [0.5, 0.6) is 0 Å². The van der Waals surface area contributed by atoms with Gasteiger partial charge in [-0.25, -0.2) is 4.98 Å². The second kappa shape index (κ2) is 5.37. The van der Waals surface area contributed by atoms with Gasteiger partial charge in [0.1, 0.15) is 12.0 Å². The first-order valence-electron chi connectivity index (χ1n) is 7.03. The summed E-state index contributed by atoms with van der Waals surface area (Å²) in [6.45, 7) is 4.24. The Balaban J connectivity index is 1.86. The number of benzene rings is 1. The number of allylic oxidation sites excluding steroid dienone is 3. The van der Waals surface area contributed by atoms with Crippen LogP contribution in [0.1, 0.15) is 18.9 Å². The molecule has 1 aliphatic heterocycles. The van der Waals surface area contributed by atoms with E-state index in [1.165, 1.54) is 11.1 Å². The molecule has 3 rings (SSSR count). The summed E-state index contributed by atoms with van der Waals surface area (Å²) in [5.74, 6) is 0.934. The summed E-state index contributed by atoms with van der Waals surface area (Å²) in [5.41, 5.74) is 3.42. The molecule has 2 aromatic rings. The largest absolute Gasteiger partial charge is 0.365 e. The number of dihydropyridines is 1. The normalized spacial score (nSPS) is 17.7. The molecule has 1 aromatic heterocycles. The van der Waals surface area contributed by atoms with Gasteiger partial charge in [-0.3, -0.25) is 0 Å². The Morgan fingerprint density at radius 1 is 1.30 bits per heavy atom. The van der Waals surface area contributed by atoms with Gasteiger partial charge in [-0.2, -0.15) is 0 Å². The Morgan fingerprint density at radius 3 is 3.00 bits per heavy atom. The van der Waals surface area contributed by atoms with E-state index >= 15 is 0 Å². The Kier molecular flexibility index (Phi) is 3.42. The third kappa shape index (κ3) is 2.52. The average molecular weight is 265 g/mol. The molecule has 1 aliphatic rings. The van der Waals surface area contributed by atoms with Crippen LogP contribution in [-0.4, -0.2) is 11.1 Å². The SMILES string of the molecule is CCC1=CC=CC(Nc2nc3ccccc3cc2C)N1. The number of fused-ring (bicyclic) bond motifs is 1. The first-order chi connectivity index (χ1) is 9.76. The second-order valence-corrected chi connectivity index (χ2v) is 5.04. The molecule has 0 saturated carbocycles. The highest BCUT2D eigenvalue weighted by Crippen LogP contribution is 2.20. The Labute approximate surface area is 119 Å². The zero-order valence-electron chi connectivity index (χ0n) is 11.9. The minimum Gasteiger partial charge on any atom is -0.365 e. The van der Waals surface area contributed by atoms with E-state index in [2.05, 4.69) is 54.8 Å². The molecule has 0 bridgehead atoms. The number of hydrogen-bond acceptors (Lipinski definition) is 3. The molecule has 2 N–H and O–H groups in total. The molecule has 102 valence electrons. The van der Waals surface area contributed by atoms with Gasteiger partial charge in [-0.15, -0.1) is 0 Å². The van der Waals surface area contributed by atoms with E-state index in [-0.39, 0.29) is 6.17 Å². The van der Waals surface area contributed by atoms with Gasteiger partial charge in [0.25, 0.3) is 0 Å². The number of nitrogens with zero attached hydrogens (tertiary/aromatic N) is 1. The third-order valence-corrected chi connectivity index (χ3v) is 3.53. The van der Waals surface area contributed by atoms with Crippen molar-refractivity contribution < 1.29 is 0 Å². The van der Waals surface area contributed by atoms with Crippen molar-refractivity contribution in [3.8, 4) is 0 Å². The fourth-order valence-corrected chi connectivity index (χ4v) is 2.40. The minimum atomic E-state index is 0.0994. The van der Waals surface area contributed by atoms with Gasteiger partial charge < -0.3 is 10.6 Å². The summed E-state index contributed by atoms with van der Waals surface area (Å²) in [7, 11) is 0. The zero-order chi connectivity index (χ0) is 13.9. The summed E-state index contributed by atoms with van der Waals surface area (Å²) in [4.78, 5) is 4.72. The molecule has 0 fully saturated rings. The van der Waals surface area contributed by atoms with Crippen molar-refractivity contribution in [1.29, 1.82) is 0 Å². The van der Waals surface area contributed by atoms with Crippen LogP contribution in [0.25, 0.3) is 10.9 Å². The number of anilines is 1. The molecule has 3 heteroatoms. The van der Waals surface area contributed by atoms with Crippen molar-refractivity contribution >= 4 is 16.7 Å². The van der Waals surface area contributed by atoms with Gasteiger partial charge in [0.15, 0.2) is 0 Å². The van der Waals surface area contributed by atoms with Gasteiger partial charge in [0.2, 0.25) is 0 Å². The van der Waals surface area contributed by atoms with Crippen LogP contribution < -0.4 is 10.6 Å². The molecule has 0 radical (unpaired) electrons. The summed E-state index contributed by atoms with van der Waals surface area (Å²) in [5, 5.41) is 8.08. The van der Waals surface area contributed by atoms with Crippen molar-refractivity contribution in [3.63, 3.8) is 0 Å². The maximum absolute atomic E-state index is 4.72. The Hall–Kier alpha value is -2.29. The maximum atomic E-state index is 4.72. The lowest BCUT2D eigenvalue weighted by Gasteiger charge is -2.23. The van der Waals surface area contributed by atoms with Gasteiger partial charge in [-0.1, -0.05) is 31.2 Å². The van der Waals surface area contributed by atoms with Crippen LogP contribution in [0, 0.1) is 6.92 Å². The minimum absolute atomic E-state index is 0.0994. The van der Waals surface area contributed by atoms with Gasteiger partial charge in [0, 0.05) is 11.1 Å².